The van der Waals surface area contributed by atoms with Crippen molar-refractivity contribution < 1.29 is 28.5 Å². The predicted octanol–water partition coefficient (Wildman–Crippen LogP) is 3.06. The van der Waals surface area contributed by atoms with Gasteiger partial charge in [0.25, 0.3) is 5.91 Å². The summed E-state index contributed by atoms with van der Waals surface area (Å²) in [6, 6.07) is 13.1. The summed E-state index contributed by atoms with van der Waals surface area (Å²) >= 11 is 0. The van der Waals surface area contributed by atoms with Gasteiger partial charge >= 0.3 is 0 Å². The first-order chi connectivity index (χ1) is 16.7. The monoisotopic (exact) mass is 470 g/mol. The molecule has 0 aromatic heterocycles. The molecule has 2 fully saturated rings. The van der Waals surface area contributed by atoms with Crippen LogP contribution in [0.3, 0.4) is 0 Å². The van der Waals surface area contributed by atoms with Crippen LogP contribution in [-0.4, -0.2) is 77.2 Å². The maximum atomic E-state index is 12.9. The van der Waals surface area contributed by atoms with Crippen LogP contribution in [0.1, 0.15) is 34.8 Å². The van der Waals surface area contributed by atoms with Gasteiger partial charge in [0, 0.05) is 31.8 Å². The number of carbonyl (C=O) groups excluding carboxylic acids is 1. The highest BCUT2D eigenvalue weighted by atomic mass is 16.5. The van der Waals surface area contributed by atoms with Gasteiger partial charge in [-0.25, -0.2) is 0 Å². The standard InChI is InChI=1S/C26H34N2O6/c1-30-24-10-7-20(16-25(24)31-2)23(28-11-14-32-15-12-28)17-27-26(29)19-5-8-21(9-6-19)34-18-22-4-3-13-33-22/h5-10,16,22-23H,3-4,11-15,17-18H2,1-2H3,(H,27,29)/t22-,23-/m0/s1. The lowest BCUT2D eigenvalue weighted by Gasteiger charge is -2.35. The van der Waals surface area contributed by atoms with E-state index in [4.69, 9.17) is 23.7 Å². The molecule has 0 spiro atoms. The molecule has 1 N–H and O–H groups in total. The fourth-order valence-corrected chi connectivity index (χ4v) is 4.37. The zero-order valence-corrected chi connectivity index (χ0v) is 20.0. The normalized spacial score (nSPS) is 19.4. The van der Waals surface area contributed by atoms with Crippen LogP contribution in [0.2, 0.25) is 0 Å². The van der Waals surface area contributed by atoms with E-state index in [0.717, 1.165) is 43.9 Å². The second-order valence-electron chi connectivity index (χ2n) is 8.46. The van der Waals surface area contributed by atoms with Gasteiger partial charge in [-0.3, -0.25) is 9.69 Å². The van der Waals surface area contributed by atoms with Crippen LogP contribution in [0, 0.1) is 0 Å². The lowest BCUT2D eigenvalue weighted by Crippen LogP contribution is -2.43. The minimum atomic E-state index is -0.121. The Kier molecular flexibility index (Phi) is 8.62. The summed E-state index contributed by atoms with van der Waals surface area (Å²) in [5.74, 6) is 1.97. The van der Waals surface area contributed by atoms with E-state index < -0.39 is 0 Å². The van der Waals surface area contributed by atoms with Crippen LogP contribution in [0.15, 0.2) is 42.5 Å². The molecule has 2 heterocycles. The lowest BCUT2D eigenvalue weighted by molar-refractivity contribution is 0.0162. The minimum absolute atomic E-state index is 0.0123. The Labute approximate surface area is 201 Å². The summed E-state index contributed by atoms with van der Waals surface area (Å²) in [5.41, 5.74) is 1.65. The molecule has 2 atom stereocenters. The van der Waals surface area contributed by atoms with E-state index in [1.807, 2.05) is 30.3 Å². The molecule has 0 unspecified atom stereocenters. The molecule has 2 aliphatic heterocycles. The number of morpholine rings is 1. The Morgan fingerprint density at radius 3 is 2.50 bits per heavy atom. The second-order valence-corrected chi connectivity index (χ2v) is 8.46. The van der Waals surface area contributed by atoms with Crippen LogP contribution in [0.5, 0.6) is 17.2 Å². The molecule has 2 aromatic rings. The Morgan fingerprint density at radius 1 is 1.06 bits per heavy atom. The number of rotatable bonds is 10. The number of benzene rings is 2. The number of nitrogens with one attached hydrogen (secondary N) is 1. The summed E-state index contributed by atoms with van der Waals surface area (Å²) in [4.78, 5) is 15.2. The summed E-state index contributed by atoms with van der Waals surface area (Å²) < 4.78 is 27.8. The van der Waals surface area contributed by atoms with E-state index >= 15 is 0 Å². The van der Waals surface area contributed by atoms with Gasteiger partial charge in [0.2, 0.25) is 0 Å². The quantitative estimate of drug-likeness (QED) is 0.572. The third-order valence-electron chi connectivity index (χ3n) is 6.31. The number of carbonyl (C=O) groups is 1. The Hall–Kier alpha value is -2.81. The molecule has 4 rings (SSSR count). The number of ether oxygens (including phenoxy) is 5. The highest BCUT2D eigenvalue weighted by molar-refractivity contribution is 5.94. The zero-order valence-electron chi connectivity index (χ0n) is 20.0. The van der Waals surface area contributed by atoms with Gasteiger partial charge in [-0.1, -0.05) is 6.07 Å². The fraction of sp³-hybridized carbons (Fsp3) is 0.500. The molecular weight excluding hydrogens is 436 g/mol. The number of nitrogens with zero attached hydrogens (tertiary/aromatic N) is 1. The average Bonchev–Trinajstić information content (AvgIpc) is 3.42. The van der Waals surface area contributed by atoms with E-state index in [9.17, 15) is 4.79 Å². The SMILES string of the molecule is COc1ccc([C@H](CNC(=O)c2ccc(OC[C@@H]3CCCO3)cc2)N2CCOCC2)cc1OC. The molecule has 34 heavy (non-hydrogen) atoms. The second kappa shape index (κ2) is 12.1. The molecular formula is C26H34N2O6. The molecule has 184 valence electrons. The first kappa shape index (κ1) is 24.3. The highest BCUT2D eigenvalue weighted by Gasteiger charge is 2.24. The number of hydrogen-bond acceptors (Lipinski definition) is 7. The van der Waals surface area contributed by atoms with Crippen LogP contribution in [0.4, 0.5) is 0 Å². The zero-order chi connectivity index (χ0) is 23.8. The van der Waals surface area contributed by atoms with E-state index in [-0.39, 0.29) is 18.1 Å². The molecule has 8 heteroatoms. The molecule has 0 aliphatic carbocycles. The highest BCUT2D eigenvalue weighted by Crippen LogP contribution is 2.32. The van der Waals surface area contributed by atoms with Crippen LogP contribution < -0.4 is 19.5 Å². The topological polar surface area (TPSA) is 78.5 Å². The van der Waals surface area contributed by atoms with Crippen molar-refractivity contribution >= 4 is 5.91 Å². The number of methoxy groups -OCH3 is 2. The minimum Gasteiger partial charge on any atom is -0.493 e. The van der Waals surface area contributed by atoms with E-state index in [0.29, 0.717) is 43.4 Å². The molecule has 1 amide bonds. The largest absolute Gasteiger partial charge is 0.493 e. The van der Waals surface area contributed by atoms with Gasteiger partial charge in [-0.15, -0.1) is 0 Å². The Balaban J connectivity index is 1.40. The summed E-state index contributed by atoms with van der Waals surface area (Å²) in [5, 5.41) is 3.10. The Morgan fingerprint density at radius 2 is 1.82 bits per heavy atom. The third-order valence-corrected chi connectivity index (χ3v) is 6.31. The van der Waals surface area contributed by atoms with Crippen molar-refractivity contribution in [3.05, 3.63) is 53.6 Å². The van der Waals surface area contributed by atoms with Crippen molar-refractivity contribution in [1.29, 1.82) is 0 Å². The number of hydrogen-bond donors (Lipinski definition) is 1. The van der Waals surface area contributed by atoms with Gasteiger partial charge in [0.15, 0.2) is 11.5 Å². The van der Waals surface area contributed by atoms with Gasteiger partial charge < -0.3 is 29.0 Å². The van der Waals surface area contributed by atoms with Crippen LogP contribution >= 0.6 is 0 Å². The van der Waals surface area contributed by atoms with Crippen LogP contribution in [0.25, 0.3) is 0 Å². The molecule has 2 saturated heterocycles. The summed E-state index contributed by atoms with van der Waals surface area (Å²) in [6.07, 6.45) is 2.28. The first-order valence-electron chi connectivity index (χ1n) is 11.8. The van der Waals surface area contributed by atoms with Gasteiger partial charge in [0.05, 0.1) is 39.6 Å². The van der Waals surface area contributed by atoms with E-state index in [1.54, 1.807) is 26.4 Å². The van der Waals surface area contributed by atoms with E-state index in [1.165, 1.54) is 0 Å². The Bertz CT molecular complexity index is 923. The van der Waals surface area contributed by atoms with Crippen molar-refractivity contribution in [3.63, 3.8) is 0 Å². The van der Waals surface area contributed by atoms with Crippen molar-refractivity contribution in [2.45, 2.75) is 25.0 Å². The molecule has 8 nitrogen and oxygen atoms in total. The summed E-state index contributed by atoms with van der Waals surface area (Å²) in [6.45, 7) is 4.75. The molecule has 0 bridgehead atoms. The number of amides is 1. The van der Waals surface area contributed by atoms with Gasteiger partial charge in [-0.05, 0) is 54.8 Å². The van der Waals surface area contributed by atoms with Gasteiger partial charge in [-0.2, -0.15) is 0 Å². The molecule has 2 aliphatic rings. The lowest BCUT2D eigenvalue weighted by atomic mass is 10.0. The van der Waals surface area contributed by atoms with Crippen molar-refractivity contribution in [2.75, 3.05) is 60.3 Å². The third kappa shape index (κ3) is 6.20. The fourth-order valence-electron chi connectivity index (χ4n) is 4.37. The van der Waals surface area contributed by atoms with Crippen molar-refractivity contribution in [3.8, 4) is 17.2 Å². The smallest absolute Gasteiger partial charge is 0.251 e. The van der Waals surface area contributed by atoms with Crippen molar-refractivity contribution in [1.82, 2.24) is 10.2 Å². The molecule has 2 aromatic carbocycles. The molecule has 0 saturated carbocycles. The maximum Gasteiger partial charge on any atom is 0.251 e. The first-order valence-corrected chi connectivity index (χ1v) is 11.8. The average molecular weight is 471 g/mol. The molecule has 0 radical (unpaired) electrons. The van der Waals surface area contributed by atoms with E-state index in [2.05, 4.69) is 10.2 Å². The maximum absolute atomic E-state index is 12.9. The van der Waals surface area contributed by atoms with Gasteiger partial charge in [0.1, 0.15) is 12.4 Å². The van der Waals surface area contributed by atoms with Crippen LogP contribution in [-0.2, 0) is 9.47 Å². The predicted molar refractivity (Wildman–Crippen MR) is 128 cm³/mol. The van der Waals surface area contributed by atoms with Crippen molar-refractivity contribution in [2.24, 2.45) is 0 Å². The summed E-state index contributed by atoms with van der Waals surface area (Å²) in [7, 11) is 3.25.